The zero-order valence-corrected chi connectivity index (χ0v) is 13.4. The number of nitrogens with two attached hydrogens (primary N) is 1. The second-order valence-electron chi connectivity index (χ2n) is 6.13. The number of anilines is 2. The zero-order valence-electron chi connectivity index (χ0n) is 13.4. The summed E-state index contributed by atoms with van der Waals surface area (Å²) in [6, 6.07) is 16.2. The van der Waals surface area contributed by atoms with Crippen LogP contribution < -0.4 is 16.4 Å². The van der Waals surface area contributed by atoms with Gasteiger partial charge in [-0.15, -0.1) is 0 Å². The molecular weight excluding hydrogens is 302 g/mol. The number of benzene rings is 2. The molecule has 0 spiro atoms. The van der Waals surface area contributed by atoms with Gasteiger partial charge in [-0.05, 0) is 43.0 Å². The van der Waals surface area contributed by atoms with E-state index >= 15 is 0 Å². The van der Waals surface area contributed by atoms with Crippen LogP contribution in [0.2, 0.25) is 0 Å². The van der Waals surface area contributed by atoms with Gasteiger partial charge in [-0.2, -0.15) is 0 Å². The zero-order chi connectivity index (χ0) is 16.9. The van der Waals surface area contributed by atoms with Crippen LogP contribution in [0.25, 0.3) is 0 Å². The van der Waals surface area contributed by atoms with Gasteiger partial charge in [0.1, 0.15) is 0 Å². The van der Waals surface area contributed by atoms with Gasteiger partial charge in [0.25, 0.3) is 0 Å². The van der Waals surface area contributed by atoms with E-state index < -0.39 is 6.04 Å². The van der Waals surface area contributed by atoms with E-state index in [4.69, 9.17) is 5.73 Å². The first-order valence-corrected chi connectivity index (χ1v) is 8.13. The molecule has 0 aromatic heterocycles. The predicted octanol–water partition coefficient (Wildman–Crippen LogP) is 2.54. The topological polar surface area (TPSA) is 84.2 Å². The van der Waals surface area contributed by atoms with E-state index in [2.05, 4.69) is 10.6 Å². The molecule has 2 aromatic rings. The van der Waals surface area contributed by atoms with Gasteiger partial charge in [-0.3, -0.25) is 9.59 Å². The van der Waals surface area contributed by atoms with Gasteiger partial charge in [0.15, 0.2) is 0 Å². The highest BCUT2D eigenvalue weighted by Gasteiger charge is 2.29. The molecular formula is C19H21N3O2. The van der Waals surface area contributed by atoms with Gasteiger partial charge in [0, 0.05) is 17.3 Å². The fraction of sp³-hybridized carbons (Fsp3) is 0.263. The molecule has 1 saturated carbocycles. The van der Waals surface area contributed by atoms with Crippen LogP contribution >= 0.6 is 0 Å². The van der Waals surface area contributed by atoms with Crippen molar-refractivity contribution in [2.75, 3.05) is 10.6 Å². The van der Waals surface area contributed by atoms with Crippen LogP contribution in [-0.4, -0.2) is 17.9 Å². The molecule has 5 nitrogen and oxygen atoms in total. The molecule has 0 aliphatic heterocycles. The van der Waals surface area contributed by atoms with E-state index in [9.17, 15) is 9.59 Å². The second kappa shape index (κ2) is 7.27. The third-order valence-corrected chi connectivity index (χ3v) is 3.98. The van der Waals surface area contributed by atoms with Crippen molar-refractivity contribution < 1.29 is 9.59 Å². The SMILES string of the molecule is N[C@@H](Cc1ccccc1)C(=O)Nc1cccc(NC(=O)C2CC2)c1. The normalized spacial score (nSPS) is 14.7. The summed E-state index contributed by atoms with van der Waals surface area (Å²) in [7, 11) is 0. The van der Waals surface area contributed by atoms with Crippen molar-refractivity contribution >= 4 is 23.2 Å². The highest BCUT2D eigenvalue weighted by atomic mass is 16.2. The van der Waals surface area contributed by atoms with Crippen molar-refractivity contribution in [3.63, 3.8) is 0 Å². The van der Waals surface area contributed by atoms with Crippen LogP contribution in [0.15, 0.2) is 54.6 Å². The van der Waals surface area contributed by atoms with E-state index in [1.807, 2.05) is 30.3 Å². The van der Waals surface area contributed by atoms with Crippen LogP contribution in [-0.2, 0) is 16.0 Å². The lowest BCUT2D eigenvalue weighted by molar-refractivity contribution is -0.118. The average molecular weight is 323 g/mol. The van der Waals surface area contributed by atoms with Crippen LogP contribution in [0.4, 0.5) is 11.4 Å². The van der Waals surface area contributed by atoms with E-state index in [-0.39, 0.29) is 17.7 Å². The summed E-state index contributed by atoms with van der Waals surface area (Å²) in [6.07, 6.45) is 2.39. The quantitative estimate of drug-likeness (QED) is 0.764. The molecule has 1 fully saturated rings. The molecule has 5 heteroatoms. The maximum absolute atomic E-state index is 12.2. The molecule has 2 aromatic carbocycles. The Morgan fingerprint density at radius 3 is 2.33 bits per heavy atom. The van der Waals surface area contributed by atoms with Crippen molar-refractivity contribution in [1.82, 2.24) is 0 Å². The fourth-order valence-electron chi connectivity index (χ4n) is 2.46. The van der Waals surface area contributed by atoms with Gasteiger partial charge in [0.2, 0.25) is 11.8 Å². The van der Waals surface area contributed by atoms with Gasteiger partial charge in [-0.1, -0.05) is 36.4 Å². The molecule has 2 amide bonds. The Morgan fingerprint density at radius 2 is 1.67 bits per heavy atom. The molecule has 0 bridgehead atoms. The van der Waals surface area contributed by atoms with Gasteiger partial charge in [-0.25, -0.2) is 0 Å². The third-order valence-electron chi connectivity index (χ3n) is 3.98. The molecule has 0 unspecified atom stereocenters. The smallest absolute Gasteiger partial charge is 0.241 e. The molecule has 0 heterocycles. The third kappa shape index (κ3) is 4.43. The summed E-state index contributed by atoms with van der Waals surface area (Å²) in [5, 5.41) is 5.67. The van der Waals surface area contributed by atoms with Crippen LogP contribution in [0.5, 0.6) is 0 Å². The lowest BCUT2D eigenvalue weighted by atomic mass is 10.1. The molecule has 4 N–H and O–H groups in total. The number of rotatable bonds is 6. The van der Waals surface area contributed by atoms with Crippen molar-refractivity contribution in [1.29, 1.82) is 0 Å². The van der Waals surface area contributed by atoms with E-state index in [0.717, 1.165) is 18.4 Å². The standard InChI is InChI=1S/C19H21N3O2/c20-17(11-13-5-2-1-3-6-13)19(24)22-16-8-4-7-15(12-16)21-18(23)14-9-10-14/h1-8,12,14,17H,9-11,20H2,(H,21,23)(H,22,24)/t17-/m0/s1. The first kappa shape index (κ1) is 16.2. The number of hydrogen-bond acceptors (Lipinski definition) is 3. The van der Waals surface area contributed by atoms with Crippen LogP contribution in [0.1, 0.15) is 18.4 Å². The van der Waals surface area contributed by atoms with Crippen LogP contribution in [0, 0.1) is 5.92 Å². The Bertz CT molecular complexity index is 726. The molecule has 1 aliphatic carbocycles. The Balaban J connectivity index is 1.58. The predicted molar refractivity (Wildman–Crippen MR) is 94.5 cm³/mol. The number of hydrogen-bond donors (Lipinski definition) is 3. The Labute approximate surface area is 141 Å². The van der Waals surface area contributed by atoms with Crippen molar-refractivity contribution in [2.24, 2.45) is 11.7 Å². The highest BCUT2D eigenvalue weighted by molar-refractivity contribution is 5.97. The monoisotopic (exact) mass is 323 g/mol. The van der Waals surface area contributed by atoms with E-state index in [0.29, 0.717) is 17.8 Å². The van der Waals surface area contributed by atoms with Crippen molar-refractivity contribution in [3.05, 3.63) is 60.2 Å². The van der Waals surface area contributed by atoms with E-state index in [1.165, 1.54) is 0 Å². The maximum Gasteiger partial charge on any atom is 0.241 e. The highest BCUT2D eigenvalue weighted by Crippen LogP contribution is 2.30. The largest absolute Gasteiger partial charge is 0.326 e. The molecule has 124 valence electrons. The van der Waals surface area contributed by atoms with Crippen molar-refractivity contribution in [3.8, 4) is 0 Å². The molecule has 0 radical (unpaired) electrons. The fourth-order valence-corrected chi connectivity index (χ4v) is 2.46. The minimum absolute atomic E-state index is 0.0410. The summed E-state index contributed by atoms with van der Waals surface area (Å²) in [5.41, 5.74) is 8.31. The number of nitrogens with one attached hydrogen (secondary N) is 2. The minimum atomic E-state index is -0.628. The molecule has 3 rings (SSSR count). The molecule has 1 aliphatic rings. The molecule has 24 heavy (non-hydrogen) atoms. The summed E-state index contributed by atoms with van der Waals surface area (Å²) in [5.74, 6) is -0.0636. The number of carbonyl (C=O) groups is 2. The summed E-state index contributed by atoms with van der Waals surface area (Å²) >= 11 is 0. The second-order valence-corrected chi connectivity index (χ2v) is 6.13. The molecule has 1 atom stereocenters. The molecule has 0 saturated heterocycles. The summed E-state index contributed by atoms with van der Waals surface area (Å²) in [4.78, 5) is 24.0. The number of amides is 2. The Morgan fingerprint density at radius 1 is 1.00 bits per heavy atom. The lowest BCUT2D eigenvalue weighted by Gasteiger charge is -2.13. The lowest BCUT2D eigenvalue weighted by Crippen LogP contribution is -2.37. The van der Waals surface area contributed by atoms with Gasteiger partial charge in [0.05, 0.1) is 6.04 Å². The van der Waals surface area contributed by atoms with Crippen molar-refractivity contribution in [2.45, 2.75) is 25.3 Å². The maximum atomic E-state index is 12.2. The Kier molecular flexibility index (Phi) is 4.91. The summed E-state index contributed by atoms with van der Waals surface area (Å²) < 4.78 is 0. The van der Waals surface area contributed by atoms with Gasteiger partial charge < -0.3 is 16.4 Å². The van der Waals surface area contributed by atoms with Gasteiger partial charge >= 0.3 is 0 Å². The first-order chi connectivity index (χ1) is 11.6. The first-order valence-electron chi connectivity index (χ1n) is 8.13. The van der Waals surface area contributed by atoms with Crippen LogP contribution in [0.3, 0.4) is 0 Å². The number of carbonyl (C=O) groups excluding carboxylic acids is 2. The summed E-state index contributed by atoms with van der Waals surface area (Å²) in [6.45, 7) is 0. The average Bonchev–Trinajstić information content (AvgIpc) is 3.41. The minimum Gasteiger partial charge on any atom is -0.326 e. The Hall–Kier alpha value is -2.66. The van der Waals surface area contributed by atoms with E-state index in [1.54, 1.807) is 24.3 Å².